The van der Waals surface area contributed by atoms with Crippen LogP contribution in [-0.2, 0) is 24.0 Å². The van der Waals surface area contributed by atoms with Crippen LogP contribution in [0.15, 0.2) is 37.4 Å². The van der Waals surface area contributed by atoms with Gasteiger partial charge in [-0.3, -0.25) is 4.55 Å². The Hall–Kier alpha value is -1.42. The highest BCUT2D eigenvalue weighted by Crippen LogP contribution is 2.00. The van der Waals surface area contributed by atoms with E-state index in [0.717, 1.165) is 0 Å². The summed E-state index contributed by atoms with van der Waals surface area (Å²) in [7, 11) is -2.86. The molecule has 0 saturated carbocycles. The maximum absolute atomic E-state index is 8.63. The maximum atomic E-state index is 8.63. The number of nitrogens with one attached hydrogen (secondary N) is 1. The first-order chi connectivity index (χ1) is 10.3. The molecule has 0 saturated heterocycles. The summed E-state index contributed by atoms with van der Waals surface area (Å²) >= 11 is 0. The molecular weight excluding hydrogens is 344 g/mol. The quantitative estimate of drug-likeness (QED) is 0.361. The molecule has 0 unspecified atom stereocenters. The van der Waals surface area contributed by atoms with E-state index in [9.17, 15) is 0 Å². The lowest BCUT2D eigenvalue weighted by molar-refractivity contribution is -0.671. The fraction of sp³-hybridized carbons (Fsp3) is 0.538. The maximum Gasteiger partial charge on any atom is 0.243 e. The molecule has 0 radical (unpaired) electrons. The number of aromatic amines is 1. The lowest BCUT2D eigenvalue weighted by atomic mass is 10.2. The molecule has 0 aliphatic carbocycles. The first kappa shape index (κ1) is 23.8. The third kappa shape index (κ3) is 20.6. The Labute approximate surface area is 143 Å². The smallest absolute Gasteiger partial charge is 0.243 e. The van der Waals surface area contributed by atoms with Crippen molar-refractivity contribution in [2.75, 3.05) is 0 Å². The monoisotopic (exact) mass is 368 g/mol. The SMILES string of the molecule is CCCCCCn1cc[n+](C)c1.Cl.O=S(=O)([O-])O.c1c[nH]cn1. The van der Waals surface area contributed by atoms with Gasteiger partial charge in [0.15, 0.2) is 0 Å². The van der Waals surface area contributed by atoms with E-state index in [4.69, 9.17) is 17.5 Å². The van der Waals surface area contributed by atoms with E-state index < -0.39 is 10.4 Å². The molecule has 2 N–H and O–H groups in total. The summed E-state index contributed by atoms with van der Waals surface area (Å²) in [5.41, 5.74) is 0. The summed E-state index contributed by atoms with van der Waals surface area (Å²) in [5.74, 6) is 0. The zero-order valence-corrected chi connectivity index (χ0v) is 15.0. The molecule has 2 aromatic rings. The molecule has 134 valence electrons. The van der Waals surface area contributed by atoms with Crippen molar-refractivity contribution in [2.45, 2.75) is 39.2 Å². The second-order valence-corrected chi connectivity index (χ2v) is 5.42. The molecule has 0 fully saturated rings. The van der Waals surface area contributed by atoms with Crippen LogP contribution in [-0.4, -0.2) is 32.1 Å². The van der Waals surface area contributed by atoms with Crippen molar-refractivity contribution >= 4 is 22.8 Å². The number of aryl methyl sites for hydroxylation is 2. The van der Waals surface area contributed by atoms with E-state index in [1.165, 1.54) is 32.2 Å². The van der Waals surface area contributed by atoms with Gasteiger partial charge < -0.3 is 9.54 Å². The van der Waals surface area contributed by atoms with Crippen LogP contribution in [0.2, 0.25) is 0 Å². The van der Waals surface area contributed by atoms with Gasteiger partial charge in [0.1, 0.15) is 12.4 Å². The van der Waals surface area contributed by atoms with E-state index >= 15 is 0 Å². The molecule has 0 aromatic carbocycles. The summed E-state index contributed by atoms with van der Waals surface area (Å²) in [6.07, 6.45) is 16.8. The number of imidazole rings is 2. The van der Waals surface area contributed by atoms with Crippen molar-refractivity contribution < 1.29 is 22.1 Å². The first-order valence-electron chi connectivity index (χ1n) is 6.95. The average molecular weight is 369 g/mol. The van der Waals surface area contributed by atoms with Crippen LogP contribution in [0.5, 0.6) is 0 Å². The number of nitrogens with zero attached hydrogens (tertiary/aromatic N) is 3. The third-order valence-corrected chi connectivity index (χ3v) is 2.50. The predicted octanol–water partition coefficient (Wildman–Crippen LogP) is 1.73. The Balaban J connectivity index is 0. The molecule has 0 amide bonds. The summed E-state index contributed by atoms with van der Waals surface area (Å²) < 4.78 is 37.2. The standard InChI is InChI=1S/C10H19N2.C3H4N2.ClH.H2O4S/c1-3-4-5-6-7-12-9-8-11(2)10-12;1-2-5-3-4-1;;1-5(2,3)4/h8-10H,3-7H2,1-2H3;1-3H,(H,4,5);1H;(H2,1,2,3,4)/q+1;;;/p-1. The molecular formula is C13H25ClN4O4S. The van der Waals surface area contributed by atoms with E-state index in [1.807, 2.05) is 0 Å². The highest BCUT2D eigenvalue weighted by molar-refractivity contribution is 7.79. The molecule has 0 bridgehead atoms. The van der Waals surface area contributed by atoms with Gasteiger partial charge >= 0.3 is 0 Å². The zero-order chi connectivity index (χ0) is 16.8. The number of unbranched alkanes of at least 4 members (excludes halogenated alkanes) is 3. The number of hydrogen-bond acceptors (Lipinski definition) is 4. The van der Waals surface area contributed by atoms with Gasteiger partial charge in [0.25, 0.3) is 0 Å². The van der Waals surface area contributed by atoms with Crippen LogP contribution in [0.1, 0.15) is 32.6 Å². The predicted molar refractivity (Wildman–Crippen MR) is 87.9 cm³/mol. The Morgan fingerprint density at radius 3 is 2.35 bits per heavy atom. The normalized spacial score (nSPS) is 9.74. The molecule has 0 aliphatic rings. The van der Waals surface area contributed by atoms with Crippen LogP contribution >= 0.6 is 12.4 Å². The molecule has 0 aliphatic heterocycles. The molecule has 0 spiro atoms. The van der Waals surface area contributed by atoms with Crippen molar-refractivity contribution in [3.63, 3.8) is 0 Å². The van der Waals surface area contributed by atoms with E-state index in [-0.39, 0.29) is 12.4 Å². The molecule has 8 nitrogen and oxygen atoms in total. The number of halogens is 1. The van der Waals surface area contributed by atoms with Crippen LogP contribution < -0.4 is 4.57 Å². The first-order valence-corrected chi connectivity index (χ1v) is 8.31. The van der Waals surface area contributed by atoms with Gasteiger partial charge in [-0.15, -0.1) is 12.4 Å². The minimum atomic E-state index is -4.92. The van der Waals surface area contributed by atoms with Crippen molar-refractivity contribution in [3.05, 3.63) is 37.4 Å². The van der Waals surface area contributed by atoms with Crippen molar-refractivity contribution in [3.8, 4) is 0 Å². The van der Waals surface area contributed by atoms with Gasteiger partial charge in [0, 0.05) is 12.4 Å². The molecule has 0 atom stereocenters. The lowest BCUT2D eigenvalue weighted by Gasteiger charge is -1.95. The van der Waals surface area contributed by atoms with Crippen LogP contribution in [0.3, 0.4) is 0 Å². The molecule has 2 aromatic heterocycles. The third-order valence-electron chi connectivity index (χ3n) is 2.50. The zero-order valence-electron chi connectivity index (χ0n) is 13.3. The van der Waals surface area contributed by atoms with Crippen molar-refractivity contribution in [1.82, 2.24) is 14.5 Å². The minimum Gasteiger partial charge on any atom is -0.726 e. The van der Waals surface area contributed by atoms with Gasteiger partial charge in [-0.2, -0.15) is 0 Å². The van der Waals surface area contributed by atoms with Crippen molar-refractivity contribution in [2.24, 2.45) is 7.05 Å². The lowest BCUT2D eigenvalue weighted by Crippen LogP contribution is -2.23. The number of hydrogen-bond donors (Lipinski definition) is 2. The summed E-state index contributed by atoms with van der Waals surface area (Å²) in [6, 6.07) is 0. The average Bonchev–Trinajstić information content (AvgIpc) is 3.07. The number of H-pyrrole nitrogens is 1. The second-order valence-electron chi connectivity index (χ2n) is 4.57. The Kier molecular flexibility index (Phi) is 14.7. The van der Waals surface area contributed by atoms with E-state index in [2.05, 4.69) is 51.8 Å². The van der Waals surface area contributed by atoms with Gasteiger partial charge in [-0.1, -0.05) is 19.8 Å². The Bertz CT molecular complexity index is 547. The summed E-state index contributed by atoms with van der Waals surface area (Å²) in [5, 5.41) is 0. The minimum absolute atomic E-state index is 0. The van der Waals surface area contributed by atoms with Gasteiger partial charge in [0.2, 0.25) is 16.7 Å². The van der Waals surface area contributed by atoms with Crippen LogP contribution in [0.25, 0.3) is 0 Å². The van der Waals surface area contributed by atoms with Crippen molar-refractivity contribution in [1.29, 1.82) is 0 Å². The van der Waals surface area contributed by atoms with E-state index in [1.54, 1.807) is 18.7 Å². The molecule has 2 heterocycles. The largest absolute Gasteiger partial charge is 0.726 e. The Morgan fingerprint density at radius 1 is 1.35 bits per heavy atom. The fourth-order valence-electron chi connectivity index (χ4n) is 1.57. The summed E-state index contributed by atoms with van der Waals surface area (Å²) in [6.45, 7) is 3.41. The van der Waals surface area contributed by atoms with Crippen LogP contribution in [0, 0.1) is 0 Å². The van der Waals surface area contributed by atoms with Gasteiger partial charge in [-0.25, -0.2) is 22.5 Å². The van der Waals surface area contributed by atoms with Gasteiger partial charge in [-0.05, 0) is 12.8 Å². The Morgan fingerprint density at radius 2 is 2.00 bits per heavy atom. The second kappa shape index (κ2) is 14.2. The number of aromatic nitrogens is 4. The highest BCUT2D eigenvalue weighted by atomic mass is 35.5. The number of rotatable bonds is 5. The van der Waals surface area contributed by atoms with Crippen LogP contribution in [0.4, 0.5) is 0 Å². The van der Waals surface area contributed by atoms with Gasteiger partial charge in [0.05, 0.1) is 19.9 Å². The molecule has 2 rings (SSSR count). The fourth-order valence-corrected chi connectivity index (χ4v) is 1.57. The van der Waals surface area contributed by atoms with E-state index in [0.29, 0.717) is 0 Å². The summed E-state index contributed by atoms with van der Waals surface area (Å²) in [4.78, 5) is 6.42. The topological polar surface area (TPSA) is 115 Å². The highest BCUT2D eigenvalue weighted by Gasteiger charge is 1.97. The molecule has 23 heavy (non-hydrogen) atoms. The molecule has 10 heteroatoms.